The number of hydrogen-bond acceptors (Lipinski definition) is 4. The topological polar surface area (TPSA) is 55.9 Å². The summed E-state index contributed by atoms with van der Waals surface area (Å²) in [6, 6.07) is 10.6. The molecule has 0 bridgehead atoms. The largest absolute Gasteiger partial charge is 0.355 e. The Kier molecular flexibility index (Phi) is 6.63. The van der Waals surface area contributed by atoms with Gasteiger partial charge in [-0.25, -0.2) is 0 Å². The lowest BCUT2D eigenvalue weighted by atomic mass is 9.99. The average molecular weight is 358 g/mol. The van der Waals surface area contributed by atoms with Crippen molar-refractivity contribution in [1.29, 1.82) is 0 Å². The van der Waals surface area contributed by atoms with E-state index < -0.39 is 0 Å². The van der Waals surface area contributed by atoms with E-state index in [2.05, 4.69) is 39.4 Å². The van der Waals surface area contributed by atoms with E-state index in [0.29, 0.717) is 38.6 Å². The first-order valence-electron chi connectivity index (χ1n) is 9.70. The predicted octanol–water partition coefficient (Wildman–Crippen LogP) is 0.756. The van der Waals surface area contributed by atoms with Crippen LogP contribution in [-0.2, 0) is 9.59 Å². The van der Waals surface area contributed by atoms with E-state index in [-0.39, 0.29) is 11.8 Å². The quantitative estimate of drug-likeness (QED) is 0.816. The smallest absolute Gasteiger partial charge is 0.236 e. The molecule has 0 aromatic heterocycles. The van der Waals surface area contributed by atoms with Gasteiger partial charge in [0.1, 0.15) is 0 Å². The van der Waals surface area contributed by atoms with Gasteiger partial charge in [-0.2, -0.15) is 0 Å². The van der Waals surface area contributed by atoms with E-state index in [4.69, 9.17) is 0 Å². The highest BCUT2D eigenvalue weighted by Crippen LogP contribution is 2.26. The molecule has 0 saturated carbocycles. The maximum Gasteiger partial charge on any atom is 0.236 e. The third-order valence-electron chi connectivity index (χ3n) is 5.37. The van der Waals surface area contributed by atoms with Crippen molar-refractivity contribution < 1.29 is 9.59 Å². The molecule has 0 radical (unpaired) electrons. The van der Waals surface area contributed by atoms with Crippen molar-refractivity contribution in [3.05, 3.63) is 35.9 Å². The molecule has 0 spiro atoms. The van der Waals surface area contributed by atoms with E-state index in [1.807, 2.05) is 17.9 Å². The number of benzene rings is 1. The Labute approximate surface area is 156 Å². The van der Waals surface area contributed by atoms with Crippen LogP contribution in [0.3, 0.4) is 0 Å². The molecule has 2 saturated heterocycles. The van der Waals surface area contributed by atoms with Gasteiger partial charge in [-0.15, -0.1) is 0 Å². The van der Waals surface area contributed by atoms with Gasteiger partial charge >= 0.3 is 0 Å². The summed E-state index contributed by atoms with van der Waals surface area (Å²) in [6.45, 7) is 8.47. The molecule has 1 aromatic carbocycles. The van der Waals surface area contributed by atoms with Crippen LogP contribution in [0.25, 0.3) is 0 Å². The zero-order chi connectivity index (χ0) is 18.4. The highest BCUT2D eigenvalue weighted by atomic mass is 16.2. The average Bonchev–Trinajstić information content (AvgIpc) is 3.12. The van der Waals surface area contributed by atoms with E-state index in [9.17, 15) is 9.59 Å². The van der Waals surface area contributed by atoms with Crippen LogP contribution in [0.15, 0.2) is 30.3 Å². The Morgan fingerprint density at radius 2 is 1.73 bits per heavy atom. The SMILES string of the molecule is CCNC(=O)CN1CCN(C(=O)CN2CC[C@@H](c3ccccc3)C2)CC1. The zero-order valence-electron chi connectivity index (χ0n) is 15.7. The normalized spacial score (nSPS) is 21.7. The summed E-state index contributed by atoms with van der Waals surface area (Å²) in [5.74, 6) is 0.825. The lowest BCUT2D eigenvalue weighted by Crippen LogP contribution is -2.52. The Bertz CT molecular complexity index is 599. The van der Waals surface area contributed by atoms with Gasteiger partial charge < -0.3 is 10.2 Å². The van der Waals surface area contributed by atoms with Gasteiger partial charge in [0.05, 0.1) is 13.1 Å². The van der Waals surface area contributed by atoms with Crippen molar-refractivity contribution in [2.45, 2.75) is 19.3 Å². The van der Waals surface area contributed by atoms with Gasteiger partial charge in [0.25, 0.3) is 0 Å². The van der Waals surface area contributed by atoms with Crippen molar-refractivity contribution in [2.24, 2.45) is 0 Å². The first-order chi connectivity index (χ1) is 12.7. The summed E-state index contributed by atoms with van der Waals surface area (Å²) in [7, 11) is 0. The summed E-state index contributed by atoms with van der Waals surface area (Å²) in [5, 5.41) is 2.82. The summed E-state index contributed by atoms with van der Waals surface area (Å²) in [5.41, 5.74) is 1.38. The molecule has 2 amide bonds. The number of likely N-dealkylation sites (tertiary alicyclic amines) is 1. The van der Waals surface area contributed by atoms with Gasteiger partial charge in [0.15, 0.2) is 0 Å². The van der Waals surface area contributed by atoms with Gasteiger partial charge in [0.2, 0.25) is 11.8 Å². The number of piperazine rings is 1. The molecule has 3 rings (SSSR count). The number of rotatable bonds is 6. The van der Waals surface area contributed by atoms with Crippen molar-refractivity contribution in [2.75, 3.05) is 58.9 Å². The van der Waals surface area contributed by atoms with Crippen LogP contribution in [0.4, 0.5) is 0 Å². The van der Waals surface area contributed by atoms with Gasteiger partial charge in [-0.05, 0) is 31.4 Å². The number of hydrogen-bond donors (Lipinski definition) is 1. The van der Waals surface area contributed by atoms with Crippen LogP contribution in [0.1, 0.15) is 24.8 Å². The summed E-state index contributed by atoms with van der Waals surface area (Å²) >= 11 is 0. The molecule has 6 heteroatoms. The van der Waals surface area contributed by atoms with Gasteiger partial charge in [-0.3, -0.25) is 19.4 Å². The van der Waals surface area contributed by atoms with E-state index in [0.717, 1.165) is 32.6 Å². The standard InChI is InChI=1S/C20H30N4O2/c1-2-21-19(25)15-22-10-12-24(13-11-22)20(26)16-23-9-8-18(14-23)17-6-4-3-5-7-17/h3-7,18H,2,8-16H2,1H3,(H,21,25)/t18-/m1/s1. The molecule has 26 heavy (non-hydrogen) atoms. The van der Waals surface area contributed by atoms with Crippen LogP contribution in [0.2, 0.25) is 0 Å². The third-order valence-corrected chi connectivity index (χ3v) is 5.37. The van der Waals surface area contributed by atoms with Gasteiger partial charge in [-0.1, -0.05) is 30.3 Å². The monoisotopic (exact) mass is 358 g/mol. The zero-order valence-corrected chi connectivity index (χ0v) is 15.7. The van der Waals surface area contributed by atoms with Crippen LogP contribution < -0.4 is 5.32 Å². The number of nitrogens with one attached hydrogen (secondary N) is 1. The molecular formula is C20H30N4O2. The molecule has 2 fully saturated rings. The second-order valence-corrected chi connectivity index (χ2v) is 7.24. The number of nitrogens with zero attached hydrogens (tertiary/aromatic N) is 3. The minimum Gasteiger partial charge on any atom is -0.355 e. The minimum absolute atomic E-state index is 0.0660. The minimum atomic E-state index is 0.0660. The highest BCUT2D eigenvalue weighted by Gasteiger charge is 2.28. The third kappa shape index (κ3) is 5.05. The number of amides is 2. The molecule has 1 N–H and O–H groups in total. The lowest BCUT2D eigenvalue weighted by Gasteiger charge is -2.35. The number of likely N-dealkylation sites (N-methyl/N-ethyl adjacent to an activating group) is 1. The summed E-state index contributed by atoms with van der Waals surface area (Å²) in [6.07, 6.45) is 1.12. The predicted molar refractivity (Wildman–Crippen MR) is 102 cm³/mol. The van der Waals surface area contributed by atoms with Crippen molar-refractivity contribution in [3.8, 4) is 0 Å². The maximum atomic E-state index is 12.6. The Balaban J connectivity index is 1.40. The maximum absolute atomic E-state index is 12.6. The molecule has 2 heterocycles. The molecular weight excluding hydrogens is 328 g/mol. The fourth-order valence-electron chi connectivity index (χ4n) is 3.88. The van der Waals surface area contributed by atoms with Crippen LogP contribution in [0.5, 0.6) is 0 Å². The van der Waals surface area contributed by atoms with Gasteiger partial charge in [0, 0.05) is 39.3 Å². The van der Waals surface area contributed by atoms with Crippen LogP contribution >= 0.6 is 0 Å². The van der Waals surface area contributed by atoms with E-state index in [1.165, 1.54) is 5.56 Å². The Morgan fingerprint density at radius 3 is 2.42 bits per heavy atom. The van der Waals surface area contributed by atoms with Crippen LogP contribution in [0, 0.1) is 0 Å². The fraction of sp³-hybridized carbons (Fsp3) is 0.600. The van der Waals surface area contributed by atoms with Crippen molar-refractivity contribution in [3.63, 3.8) is 0 Å². The van der Waals surface area contributed by atoms with E-state index in [1.54, 1.807) is 0 Å². The first kappa shape index (κ1) is 18.9. The number of carbonyl (C=O) groups is 2. The second-order valence-electron chi connectivity index (χ2n) is 7.24. The fourth-order valence-corrected chi connectivity index (χ4v) is 3.88. The first-order valence-corrected chi connectivity index (χ1v) is 9.70. The lowest BCUT2D eigenvalue weighted by molar-refractivity contribution is -0.134. The number of carbonyl (C=O) groups excluding carboxylic acids is 2. The highest BCUT2D eigenvalue weighted by molar-refractivity contribution is 5.79. The molecule has 6 nitrogen and oxygen atoms in total. The molecule has 1 atom stereocenters. The van der Waals surface area contributed by atoms with E-state index >= 15 is 0 Å². The van der Waals surface area contributed by atoms with Crippen molar-refractivity contribution in [1.82, 2.24) is 20.0 Å². The van der Waals surface area contributed by atoms with Crippen LogP contribution in [-0.4, -0.2) is 85.4 Å². The summed E-state index contributed by atoms with van der Waals surface area (Å²) in [4.78, 5) is 30.6. The summed E-state index contributed by atoms with van der Waals surface area (Å²) < 4.78 is 0. The Morgan fingerprint density at radius 1 is 1.00 bits per heavy atom. The van der Waals surface area contributed by atoms with Crippen molar-refractivity contribution >= 4 is 11.8 Å². The second kappa shape index (κ2) is 9.14. The molecule has 0 aliphatic carbocycles. The molecule has 2 aliphatic heterocycles. The Hall–Kier alpha value is -1.92. The molecule has 1 aromatic rings. The molecule has 2 aliphatic rings. The molecule has 0 unspecified atom stereocenters. The molecule has 142 valence electrons.